The van der Waals surface area contributed by atoms with Crippen molar-refractivity contribution in [1.82, 2.24) is 4.90 Å². The molecule has 0 aliphatic carbocycles. The second-order valence-corrected chi connectivity index (χ2v) is 7.25. The van der Waals surface area contributed by atoms with Crippen molar-refractivity contribution in [3.05, 3.63) is 52.7 Å². The minimum absolute atomic E-state index is 0.0628. The van der Waals surface area contributed by atoms with Gasteiger partial charge in [0.25, 0.3) is 0 Å². The van der Waals surface area contributed by atoms with E-state index < -0.39 is 0 Å². The second kappa shape index (κ2) is 5.08. The molecule has 24 heavy (non-hydrogen) atoms. The van der Waals surface area contributed by atoms with E-state index in [0.29, 0.717) is 21.9 Å². The molecule has 2 saturated heterocycles. The number of likely N-dealkylation sites (tertiary alicyclic amines) is 1. The Morgan fingerprint density at radius 1 is 0.917 bits per heavy atom. The zero-order valence-electron chi connectivity index (χ0n) is 13.7. The van der Waals surface area contributed by atoms with Crippen LogP contribution in [0, 0.1) is 11.8 Å². The van der Waals surface area contributed by atoms with Gasteiger partial charge in [-0.2, -0.15) is 0 Å². The van der Waals surface area contributed by atoms with E-state index in [0.717, 1.165) is 30.6 Å². The first kappa shape index (κ1) is 14.1. The summed E-state index contributed by atoms with van der Waals surface area (Å²) in [6.07, 6.45) is 0. The van der Waals surface area contributed by atoms with Crippen molar-refractivity contribution in [2.75, 3.05) is 38.1 Å². The van der Waals surface area contributed by atoms with E-state index >= 15 is 0 Å². The van der Waals surface area contributed by atoms with Crippen LogP contribution in [0.5, 0.6) is 0 Å². The van der Waals surface area contributed by atoms with Crippen LogP contribution in [-0.4, -0.2) is 38.1 Å². The number of benzene rings is 2. The van der Waals surface area contributed by atoms with Crippen molar-refractivity contribution in [2.45, 2.75) is 0 Å². The molecule has 1 aromatic heterocycles. The number of rotatable bonds is 1. The Balaban J connectivity index is 1.58. The number of para-hydroxylation sites is 1. The Labute approximate surface area is 140 Å². The molecule has 0 spiro atoms. The number of anilines is 1. The van der Waals surface area contributed by atoms with E-state index in [9.17, 15) is 4.79 Å². The second-order valence-electron chi connectivity index (χ2n) is 7.25. The predicted molar refractivity (Wildman–Crippen MR) is 96.7 cm³/mol. The van der Waals surface area contributed by atoms with E-state index in [1.807, 2.05) is 36.4 Å². The average molecular weight is 320 g/mol. The first-order valence-corrected chi connectivity index (χ1v) is 8.58. The maximum Gasteiger partial charge on any atom is 0.200 e. The molecule has 0 N–H and O–H groups in total. The van der Waals surface area contributed by atoms with Crippen molar-refractivity contribution >= 4 is 27.6 Å². The lowest BCUT2D eigenvalue weighted by molar-refractivity contribution is 0.387. The van der Waals surface area contributed by atoms with Gasteiger partial charge in [-0.3, -0.25) is 4.79 Å². The van der Waals surface area contributed by atoms with Crippen LogP contribution >= 0.6 is 0 Å². The summed E-state index contributed by atoms with van der Waals surface area (Å²) in [6.45, 7) is 4.53. The van der Waals surface area contributed by atoms with Gasteiger partial charge in [-0.05, 0) is 49.2 Å². The zero-order valence-corrected chi connectivity index (χ0v) is 13.7. The first-order chi connectivity index (χ1) is 11.7. The molecule has 3 heterocycles. The standard InChI is InChI=1S/C20H20N2O2/c1-21-9-13-11-22(12-14(13)10-21)15-6-7-19-17(8-15)20(23)16-4-2-3-5-18(16)24-19/h2-8,13-14H,9-12H2,1H3/t13-,14-/m1/s1. The quantitative estimate of drug-likeness (QED) is 0.646. The van der Waals surface area contributed by atoms with Crippen LogP contribution in [-0.2, 0) is 0 Å². The molecule has 0 amide bonds. The summed E-state index contributed by atoms with van der Waals surface area (Å²) < 4.78 is 5.91. The minimum Gasteiger partial charge on any atom is -0.456 e. The third kappa shape index (κ3) is 2.06. The van der Waals surface area contributed by atoms with Gasteiger partial charge in [-0.15, -0.1) is 0 Å². The molecule has 4 heteroatoms. The van der Waals surface area contributed by atoms with Crippen LogP contribution in [0.4, 0.5) is 5.69 Å². The third-order valence-electron chi connectivity index (χ3n) is 5.59. The molecule has 2 aliphatic rings. The molecule has 0 saturated carbocycles. The van der Waals surface area contributed by atoms with Crippen LogP contribution in [0.3, 0.4) is 0 Å². The van der Waals surface area contributed by atoms with Gasteiger partial charge in [-0.25, -0.2) is 0 Å². The van der Waals surface area contributed by atoms with E-state index in [1.54, 1.807) is 0 Å². The number of nitrogens with zero attached hydrogens (tertiary/aromatic N) is 2. The molecule has 0 radical (unpaired) electrons. The SMILES string of the molecule is CN1C[C@@H]2CN(c3ccc4oc5ccccc5c(=O)c4c3)C[C@H]2C1. The van der Waals surface area contributed by atoms with Crippen LogP contribution in [0.2, 0.25) is 0 Å². The van der Waals surface area contributed by atoms with Crippen molar-refractivity contribution in [1.29, 1.82) is 0 Å². The molecule has 0 bridgehead atoms. The summed E-state index contributed by atoms with van der Waals surface area (Å²) in [4.78, 5) is 17.7. The highest BCUT2D eigenvalue weighted by Crippen LogP contribution is 2.34. The Morgan fingerprint density at radius 2 is 1.62 bits per heavy atom. The summed E-state index contributed by atoms with van der Waals surface area (Å²) in [5, 5.41) is 1.34. The number of hydrogen-bond acceptors (Lipinski definition) is 4. The molecule has 2 atom stereocenters. The number of fused-ring (bicyclic) bond motifs is 3. The Morgan fingerprint density at radius 3 is 2.42 bits per heavy atom. The van der Waals surface area contributed by atoms with Crippen molar-refractivity contribution in [3.63, 3.8) is 0 Å². The molecule has 3 aromatic rings. The van der Waals surface area contributed by atoms with E-state index in [2.05, 4.69) is 22.9 Å². The van der Waals surface area contributed by atoms with Gasteiger partial charge in [0.2, 0.25) is 5.43 Å². The molecule has 2 aliphatic heterocycles. The monoisotopic (exact) mass is 320 g/mol. The normalized spacial score (nSPS) is 24.1. The number of hydrogen-bond donors (Lipinski definition) is 0. The Hall–Kier alpha value is -2.33. The third-order valence-corrected chi connectivity index (χ3v) is 5.59. The molecule has 0 unspecified atom stereocenters. The van der Waals surface area contributed by atoms with Crippen LogP contribution in [0.1, 0.15) is 0 Å². The van der Waals surface area contributed by atoms with Gasteiger partial charge in [-0.1, -0.05) is 12.1 Å². The van der Waals surface area contributed by atoms with Crippen LogP contribution in [0.15, 0.2) is 51.7 Å². The van der Waals surface area contributed by atoms with E-state index in [4.69, 9.17) is 4.42 Å². The molecule has 122 valence electrons. The Kier molecular flexibility index (Phi) is 2.98. The van der Waals surface area contributed by atoms with E-state index in [-0.39, 0.29) is 5.43 Å². The fraction of sp³-hybridized carbons (Fsp3) is 0.350. The largest absolute Gasteiger partial charge is 0.456 e. The lowest BCUT2D eigenvalue weighted by Crippen LogP contribution is -2.26. The van der Waals surface area contributed by atoms with Gasteiger partial charge in [0.1, 0.15) is 11.2 Å². The van der Waals surface area contributed by atoms with E-state index in [1.165, 1.54) is 13.1 Å². The van der Waals surface area contributed by atoms with Crippen molar-refractivity contribution < 1.29 is 4.42 Å². The molecular weight excluding hydrogens is 300 g/mol. The van der Waals surface area contributed by atoms with Gasteiger partial charge < -0.3 is 14.2 Å². The fourth-order valence-corrected chi connectivity index (χ4v) is 4.43. The Bertz CT molecular complexity index is 980. The lowest BCUT2D eigenvalue weighted by Gasteiger charge is -2.21. The molecule has 2 fully saturated rings. The molecule has 5 rings (SSSR count). The maximum atomic E-state index is 12.8. The minimum atomic E-state index is 0.0628. The van der Waals surface area contributed by atoms with Crippen molar-refractivity contribution in [2.24, 2.45) is 11.8 Å². The lowest BCUT2D eigenvalue weighted by atomic mass is 10.0. The van der Waals surface area contributed by atoms with Gasteiger partial charge in [0.05, 0.1) is 10.8 Å². The summed E-state index contributed by atoms with van der Waals surface area (Å²) >= 11 is 0. The average Bonchev–Trinajstić information content (AvgIpc) is 3.12. The first-order valence-electron chi connectivity index (χ1n) is 8.58. The van der Waals surface area contributed by atoms with Gasteiger partial charge in [0, 0.05) is 31.9 Å². The zero-order chi connectivity index (χ0) is 16.3. The summed E-state index contributed by atoms with van der Waals surface area (Å²) in [6, 6.07) is 13.5. The van der Waals surface area contributed by atoms with Gasteiger partial charge in [0.15, 0.2) is 0 Å². The topological polar surface area (TPSA) is 36.7 Å². The smallest absolute Gasteiger partial charge is 0.200 e. The highest BCUT2D eigenvalue weighted by Gasteiger charge is 2.38. The highest BCUT2D eigenvalue weighted by atomic mass is 16.3. The molecular formula is C20H20N2O2. The molecule has 4 nitrogen and oxygen atoms in total. The van der Waals surface area contributed by atoms with Crippen LogP contribution < -0.4 is 10.3 Å². The summed E-state index contributed by atoms with van der Waals surface area (Å²) in [5.41, 5.74) is 2.53. The summed E-state index contributed by atoms with van der Waals surface area (Å²) in [7, 11) is 2.20. The summed E-state index contributed by atoms with van der Waals surface area (Å²) in [5.74, 6) is 1.50. The fourth-order valence-electron chi connectivity index (χ4n) is 4.43. The molecule has 2 aromatic carbocycles. The van der Waals surface area contributed by atoms with Gasteiger partial charge >= 0.3 is 0 Å². The highest BCUT2D eigenvalue weighted by molar-refractivity contribution is 5.91. The van der Waals surface area contributed by atoms with Crippen molar-refractivity contribution in [3.8, 4) is 0 Å². The maximum absolute atomic E-state index is 12.8. The predicted octanol–water partition coefficient (Wildman–Crippen LogP) is 2.94. The van der Waals surface area contributed by atoms with Crippen LogP contribution in [0.25, 0.3) is 21.9 Å².